The largest absolute Gasteiger partial charge is 0.480 e. The molecule has 1 aromatic carbocycles. The average Bonchev–Trinajstić information content (AvgIpc) is 2.58. The highest BCUT2D eigenvalue weighted by atomic mass is 16.4. The van der Waals surface area contributed by atoms with Gasteiger partial charge in [-0.05, 0) is 55.9 Å². The van der Waals surface area contributed by atoms with Crippen LogP contribution < -0.4 is 5.73 Å². The Labute approximate surface area is 118 Å². The zero-order valence-corrected chi connectivity index (χ0v) is 11.7. The van der Waals surface area contributed by atoms with E-state index < -0.39 is 12.0 Å². The summed E-state index contributed by atoms with van der Waals surface area (Å²) >= 11 is 0. The molecule has 0 amide bonds. The third-order valence-corrected chi connectivity index (χ3v) is 4.33. The van der Waals surface area contributed by atoms with Crippen molar-refractivity contribution in [3.8, 4) is 0 Å². The third-order valence-electron chi connectivity index (χ3n) is 4.33. The number of carboxylic acid groups (broad SMARTS) is 1. The quantitative estimate of drug-likeness (QED) is 0.735. The van der Waals surface area contributed by atoms with Crippen LogP contribution in [-0.2, 0) is 17.6 Å². The van der Waals surface area contributed by atoms with Gasteiger partial charge < -0.3 is 15.8 Å². The third kappa shape index (κ3) is 2.10. The number of aryl methyl sites for hydroxylation is 3. The summed E-state index contributed by atoms with van der Waals surface area (Å²) < 4.78 is 0. The minimum Gasteiger partial charge on any atom is -0.480 e. The van der Waals surface area contributed by atoms with E-state index >= 15 is 0 Å². The fraction of sp³-hybridized carbons (Fsp3) is 0.438. The monoisotopic (exact) mass is 272 g/mol. The van der Waals surface area contributed by atoms with Gasteiger partial charge in [-0.1, -0.05) is 6.42 Å². The maximum Gasteiger partial charge on any atom is 0.325 e. The standard InChI is InChI=1S/C16H20N2O2/c1-9-14(15(17)16(19)20)12-7-10-5-3-2-4-6-11(10)8-13(12)18-9/h7-8,15,18H,2-6,17H2,1H3,(H,19,20). The molecule has 0 spiro atoms. The minimum atomic E-state index is -0.982. The second-order valence-electron chi connectivity index (χ2n) is 5.71. The molecule has 20 heavy (non-hydrogen) atoms. The van der Waals surface area contributed by atoms with Gasteiger partial charge in [0.05, 0.1) is 0 Å². The molecule has 0 bridgehead atoms. The van der Waals surface area contributed by atoms with E-state index in [1.807, 2.05) is 6.92 Å². The van der Waals surface area contributed by atoms with Gasteiger partial charge >= 0.3 is 5.97 Å². The second kappa shape index (κ2) is 4.94. The number of carboxylic acids is 1. The second-order valence-corrected chi connectivity index (χ2v) is 5.71. The minimum absolute atomic E-state index is 0.722. The van der Waals surface area contributed by atoms with Gasteiger partial charge in [-0.15, -0.1) is 0 Å². The zero-order chi connectivity index (χ0) is 14.3. The lowest BCUT2D eigenvalue weighted by molar-refractivity contribution is -0.138. The van der Waals surface area contributed by atoms with E-state index in [1.54, 1.807) is 0 Å². The highest BCUT2D eigenvalue weighted by Crippen LogP contribution is 2.31. The van der Waals surface area contributed by atoms with Crippen molar-refractivity contribution in [2.75, 3.05) is 0 Å². The highest BCUT2D eigenvalue weighted by molar-refractivity contribution is 5.91. The fourth-order valence-corrected chi connectivity index (χ4v) is 3.28. The number of benzene rings is 1. The van der Waals surface area contributed by atoms with Crippen molar-refractivity contribution in [2.45, 2.75) is 45.1 Å². The van der Waals surface area contributed by atoms with Crippen molar-refractivity contribution in [3.63, 3.8) is 0 Å². The van der Waals surface area contributed by atoms with Gasteiger partial charge in [0.15, 0.2) is 0 Å². The molecule has 1 heterocycles. The molecule has 4 N–H and O–H groups in total. The predicted octanol–water partition coefficient (Wildman–Crippen LogP) is 2.83. The van der Waals surface area contributed by atoms with Crippen LogP contribution in [0.15, 0.2) is 12.1 Å². The number of rotatable bonds is 2. The lowest BCUT2D eigenvalue weighted by Crippen LogP contribution is -2.21. The number of aromatic amines is 1. The molecular formula is C16H20N2O2. The van der Waals surface area contributed by atoms with E-state index in [0.717, 1.165) is 35.0 Å². The van der Waals surface area contributed by atoms with Crippen molar-refractivity contribution in [1.29, 1.82) is 0 Å². The molecular weight excluding hydrogens is 252 g/mol. The van der Waals surface area contributed by atoms with Gasteiger partial charge in [0, 0.05) is 22.2 Å². The van der Waals surface area contributed by atoms with Gasteiger partial charge in [-0.25, -0.2) is 0 Å². The molecule has 4 nitrogen and oxygen atoms in total. The summed E-state index contributed by atoms with van der Waals surface area (Å²) in [7, 11) is 0. The van der Waals surface area contributed by atoms with E-state index in [1.165, 1.54) is 30.4 Å². The topological polar surface area (TPSA) is 79.1 Å². The summed E-state index contributed by atoms with van der Waals surface area (Å²) in [4.78, 5) is 14.5. The molecule has 2 aromatic rings. The Balaban J connectivity index is 2.19. The Kier molecular flexibility index (Phi) is 3.26. The van der Waals surface area contributed by atoms with E-state index in [2.05, 4.69) is 17.1 Å². The Morgan fingerprint density at radius 3 is 2.55 bits per heavy atom. The molecule has 1 aliphatic carbocycles. The van der Waals surface area contributed by atoms with Crippen LogP contribution in [0.25, 0.3) is 10.9 Å². The predicted molar refractivity (Wildman–Crippen MR) is 78.9 cm³/mol. The number of fused-ring (bicyclic) bond motifs is 2. The molecule has 1 aliphatic rings. The summed E-state index contributed by atoms with van der Waals surface area (Å²) in [5.74, 6) is -0.982. The Morgan fingerprint density at radius 1 is 1.25 bits per heavy atom. The molecule has 3 rings (SSSR count). The van der Waals surface area contributed by atoms with Crippen LogP contribution >= 0.6 is 0 Å². The first-order chi connectivity index (χ1) is 9.58. The van der Waals surface area contributed by atoms with Crippen LogP contribution in [0.4, 0.5) is 0 Å². The van der Waals surface area contributed by atoms with Crippen molar-refractivity contribution in [1.82, 2.24) is 4.98 Å². The van der Waals surface area contributed by atoms with Gasteiger partial charge in [-0.3, -0.25) is 4.79 Å². The van der Waals surface area contributed by atoms with Crippen LogP contribution in [0.2, 0.25) is 0 Å². The van der Waals surface area contributed by atoms with Crippen molar-refractivity contribution in [2.24, 2.45) is 5.73 Å². The molecule has 0 aliphatic heterocycles. The molecule has 1 unspecified atom stereocenters. The molecule has 106 valence electrons. The van der Waals surface area contributed by atoms with Crippen LogP contribution in [0.5, 0.6) is 0 Å². The summed E-state index contributed by atoms with van der Waals surface area (Å²) in [5.41, 5.74) is 11.2. The van der Waals surface area contributed by atoms with Gasteiger partial charge in [-0.2, -0.15) is 0 Å². The van der Waals surface area contributed by atoms with Gasteiger partial charge in [0.25, 0.3) is 0 Å². The van der Waals surface area contributed by atoms with Crippen LogP contribution in [0.1, 0.15) is 47.7 Å². The summed E-state index contributed by atoms with van der Waals surface area (Å²) in [6, 6.07) is 3.37. The number of H-pyrrole nitrogens is 1. The number of nitrogens with two attached hydrogens (primary N) is 1. The smallest absolute Gasteiger partial charge is 0.325 e. The number of aromatic nitrogens is 1. The molecule has 0 radical (unpaired) electrons. The average molecular weight is 272 g/mol. The number of hydrogen-bond acceptors (Lipinski definition) is 2. The van der Waals surface area contributed by atoms with Crippen LogP contribution in [0.3, 0.4) is 0 Å². The maximum absolute atomic E-state index is 11.2. The van der Waals surface area contributed by atoms with Crippen molar-refractivity contribution < 1.29 is 9.90 Å². The van der Waals surface area contributed by atoms with Crippen molar-refractivity contribution >= 4 is 16.9 Å². The molecule has 1 atom stereocenters. The van der Waals surface area contributed by atoms with Gasteiger partial charge in [0.2, 0.25) is 0 Å². The molecule has 0 saturated heterocycles. The van der Waals surface area contributed by atoms with E-state index in [-0.39, 0.29) is 0 Å². The zero-order valence-electron chi connectivity index (χ0n) is 11.7. The number of aliphatic carboxylic acids is 1. The first kappa shape index (κ1) is 13.2. The van der Waals surface area contributed by atoms with E-state index in [0.29, 0.717) is 0 Å². The molecule has 1 aromatic heterocycles. The molecule has 4 heteroatoms. The summed E-state index contributed by atoms with van der Waals surface area (Å²) in [6.07, 6.45) is 5.91. The normalized spacial score (nSPS) is 16.7. The van der Waals surface area contributed by atoms with E-state index in [4.69, 9.17) is 5.73 Å². The highest BCUT2D eigenvalue weighted by Gasteiger charge is 2.22. The molecule has 0 saturated carbocycles. The fourth-order valence-electron chi connectivity index (χ4n) is 3.28. The first-order valence-corrected chi connectivity index (χ1v) is 7.20. The Hall–Kier alpha value is -1.81. The number of carbonyl (C=O) groups is 1. The van der Waals surface area contributed by atoms with Crippen molar-refractivity contribution in [3.05, 3.63) is 34.5 Å². The summed E-state index contributed by atoms with van der Waals surface area (Å²) in [6.45, 7) is 1.89. The summed E-state index contributed by atoms with van der Waals surface area (Å²) in [5, 5.41) is 10.2. The SMILES string of the molecule is Cc1[nH]c2cc3c(cc2c1C(N)C(=O)O)CCCCC3. The maximum atomic E-state index is 11.2. The Morgan fingerprint density at radius 2 is 1.90 bits per heavy atom. The van der Waals surface area contributed by atoms with Crippen LogP contribution in [-0.4, -0.2) is 16.1 Å². The number of hydrogen-bond donors (Lipinski definition) is 3. The lowest BCUT2D eigenvalue weighted by Gasteiger charge is -2.09. The van der Waals surface area contributed by atoms with Gasteiger partial charge in [0.1, 0.15) is 6.04 Å². The van der Waals surface area contributed by atoms with Crippen LogP contribution in [0, 0.1) is 6.92 Å². The first-order valence-electron chi connectivity index (χ1n) is 7.20. The number of nitrogens with one attached hydrogen (secondary N) is 1. The van der Waals surface area contributed by atoms with E-state index in [9.17, 15) is 9.90 Å². The Bertz CT molecular complexity index is 673. The lowest BCUT2D eigenvalue weighted by atomic mass is 9.97. The molecule has 0 fully saturated rings.